The van der Waals surface area contributed by atoms with Crippen molar-refractivity contribution in [2.45, 2.75) is 52.9 Å². The van der Waals surface area contributed by atoms with Crippen molar-refractivity contribution in [2.24, 2.45) is 0 Å². The van der Waals surface area contributed by atoms with E-state index in [1.165, 1.54) is 11.1 Å². The van der Waals surface area contributed by atoms with Gasteiger partial charge in [0.2, 0.25) is 0 Å². The highest BCUT2D eigenvalue weighted by atomic mass is 16.7. The molecule has 25 heavy (non-hydrogen) atoms. The summed E-state index contributed by atoms with van der Waals surface area (Å²) < 4.78 is 10.5. The molecule has 2 aromatic carbocycles. The molecule has 0 radical (unpaired) electrons. The van der Waals surface area contributed by atoms with Gasteiger partial charge in [0.15, 0.2) is 0 Å². The summed E-state index contributed by atoms with van der Waals surface area (Å²) in [4.78, 5) is 11.8. The van der Waals surface area contributed by atoms with Crippen LogP contribution < -0.4 is 4.74 Å². The van der Waals surface area contributed by atoms with Gasteiger partial charge in [0.1, 0.15) is 5.75 Å². The molecule has 0 unspecified atom stereocenters. The molecule has 3 nitrogen and oxygen atoms in total. The minimum Gasteiger partial charge on any atom is -0.434 e. The zero-order valence-electron chi connectivity index (χ0n) is 15.5. The highest BCUT2D eigenvalue weighted by Crippen LogP contribution is 2.24. The Morgan fingerprint density at radius 1 is 0.840 bits per heavy atom. The van der Waals surface area contributed by atoms with E-state index in [0.29, 0.717) is 12.4 Å². The topological polar surface area (TPSA) is 35.5 Å². The Morgan fingerprint density at radius 3 is 2.32 bits per heavy atom. The lowest BCUT2D eigenvalue weighted by molar-refractivity contribution is 0.0970. The van der Waals surface area contributed by atoms with Gasteiger partial charge in [-0.25, -0.2) is 4.79 Å². The van der Waals surface area contributed by atoms with Crippen molar-refractivity contribution in [3.8, 4) is 5.75 Å². The van der Waals surface area contributed by atoms with Crippen molar-refractivity contribution in [2.75, 3.05) is 6.61 Å². The average molecular weight is 340 g/mol. The molecule has 0 saturated heterocycles. The standard InChI is InChI=1S/C22H28O3/c1-17-14-15-21(19(3)18(17)2)25-22(23)24-16-10-5-4-7-11-20-12-8-6-9-13-20/h6,8-9,12-15H,4-5,7,10-11,16H2,1-3H3. The van der Waals surface area contributed by atoms with E-state index in [1.807, 2.05) is 39.0 Å². The minimum atomic E-state index is -0.615. The number of ether oxygens (including phenoxy) is 2. The lowest BCUT2D eigenvalue weighted by atomic mass is 10.0. The molecular weight excluding hydrogens is 312 g/mol. The van der Waals surface area contributed by atoms with Crippen LogP contribution in [-0.4, -0.2) is 12.8 Å². The summed E-state index contributed by atoms with van der Waals surface area (Å²) in [5.74, 6) is 0.580. The Morgan fingerprint density at radius 2 is 1.56 bits per heavy atom. The molecule has 0 bridgehead atoms. The number of carbonyl (C=O) groups excluding carboxylic acids is 1. The fourth-order valence-corrected chi connectivity index (χ4v) is 2.75. The van der Waals surface area contributed by atoms with E-state index in [1.54, 1.807) is 0 Å². The van der Waals surface area contributed by atoms with Crippen LogP contribution in [0.5, 0.6) is 5.75 Å². The maximum absolute atomic E-state index is 11.8. The maximum Gasteiger partial charge on any atom is 0.513 e. The normalized spacial score (nSPS) is 10.5. The Balaban J connectivity index is 1.59. The third-order valence-corrected chi connectivity index (χ3v) is 4.62. The van der Waals surface area contributed by atoms with E-state index in [0.717, 1.165) is 43.2 Å². The molecule has 0 N–H and O–H groups in total. The van der Waals surface area contributed by atoms with E-state index in [2.05, 4.69) is 24.3 Å². The maximum atomic E-state index is 11.8. The highest BCUT2D eigenvalue weighted by Gasteiger charge is 2.10. The predicted octanol–water partition coefficient (Wildman–Crippen LogP) is 5.93. The quantitative estimate of drug-likeness (QED) is 0.339. The lowest BCUT2D eigenvalue weighted by Gasteiger charge is -2.11. The molecule has 0 atom stereocenters. The second-order valence-electron chi connectivity index (χ2n) is 6.48. The van der Waals surface area contributed by atoms with Gasteiger partial charge in [-0.1, -0.05) is 49.2 Å². The van der Waals surface area contributed by atoms with E-state index < -0.39 is 6.16 Å². The highest BCUT2D eigenvalue weighted by molar-refractivity contribution is 5.65. The molecule has 3 heteroatoms. The van der Waals surface area contributed by atoms with Gasteiger partial charge in [0.05, 0.1) is 6.61 Å². The SMILES string of the molecule is Cc1ccc(OC(=O)OCCCCCCc2ccccc2)c(C)c1C. The van der Waals surface area contributed by atoms with Gasteiger partial charge in [-0.2, -0.15) is 0 Å². The first-order valence-corrected chi connectivity index (χ1v) is 9.03. The molecule has 0 saturated carbocycles. The van der Waals surface area contributed by atoms with Crippen LogP contribution in [0.1, 0.15) is 47.9 Å². The number of hydrogen-bond donors (Lipinski definition) is 0. The lowest BCUT2D eigenvalue weighted by Crippen LogP contribution is -2.12. The Kier molecular flexibility index (Phi) is 7.52. The molecule has 0 aliphatic heterocycles. The van der Waals surface area contributed by atoms with Gasteiger partial charge in [-0.05, 0) is 68.4 Å². The van der Waals surface area contributed by atoms with Crippen LogP contribution in [0.15, 0.2) is 42.5 Å². The number of hydrogen-bond acceptors (Lipinski definition) is 3. The molecular formula is C22H28O3. The first kappa shape index (κ1) is 19.0. The van der Waals surface area contributed by atoms with E-state index >= 15 is 0 Å². The summed E-state index contributed by atoms with van der Waals surface area (Å²) >= 11 is 0. The van der Waals surface area contributed by atoms with Gasteiger partial charge in [-0.3, -0.25) is 0 Å². The summed E-state index contributed by atoms with van der Waals surface area (Å²) in [6.07, 6.45) is 4.73. The Labute approximate surface area is 151 Å². The second-order valence-corrected chi connectivity index (χ2v) is 6.48. The summed E-state index contributed by atoms with van der Waals surface area (Å²) in [6, 6.07) is 14.3. The molecule has 2 rings (SSSR count). The van der Waals surface area contributed by atoms with Crippen molar-refractivity contribution in [3.63, 3.8) is 0 Å². The molecule has 0 heterocycles. The van der Waals surface area contributed by atoms with Crippen molar-refractivity contribution >= 4 is 6.16 Å². The van der Waals surface area contributed by atoms with Gasteiger partial charge in [0, 0.05) is 0 Å². The minimum absolute atomic E-state index is 0.411. The zero-order valence-corrected chi connectivity index (χ0v) is 15.5. The first-order chi connectivity index (χ1) is 12.1. The first-order valence-electron chi connectivity index (χ1n) is 9.03. The van der Waals surface area contributed by atoms with Crippen molar-refractivity contribution in [1.29, 1.82) is 0 Å². The van der Waals surface area contributed by atoms with E-state index in [4.69, 9.17) is 9.47 Å². The predicted molar refractivity (Wildman–Crippen MR) is 101 cm³/mol. The van der Waals surface area contributed by atoms with Gasteiger partial charge >= 0.3 is 6.16 Å². The number of rotatable bonds is 8. The summed E-state index contributed by atoms with van der Waals surface area (Å²) in [5.41, 5.74) is 4.70. The van der Waals surface area contributed by atoms with Crippen molar-refractivity contribution in [1.82, 2.24) is 0 Å². The molecule has 0 amide bonds. The molecule has 0 spiro atoms. The number of carbonyl (C=O) groups is 1. The van der Waals surface area contributed by atoms with Crippen LogP contribution in [0.25, 0.3) is 0 Å². The molecule has 0 aliphatic rings. The third kappa shape index (κ3) is 6.26. The largest absolute Gasteiger partial charge is 0.513 e. The monoisotopic (exact) mass is 340 g/mol. The fourth-order valence-electron chi connectivity index (χ4n) is 2.75. The third-order valence-electron chi connectivity index (χ3n) is 4.62. The van der Waals surface area contributed by atoms with E-state index in [-0.39, 0.29) is 0 Å². The molecule has 0 aromatic heterocycles. The summed E-state index contributed by atoms with van der Waals surface area (Å²) in [7, 11) is 0. The van der Waals surface area contributed by atoms with Gasteiger partial charge in [-0.15, -0.1) is 0 Å². The van der Waals surface area contributed by atoms with Crippen molar-refractivity contribution < 1.29 is 14.3 Å². The van der Waals surface area contributed by atoms with E-state index in [9.17, 15) is 4.79 Å². The Bertz CT molecular complexity index is 677. The summed E-state index contributed by atoms with van der Waals surface area (Å²) in [5, 5.41) is 0. The molecule has 2 aromatic rings. The summed E-state index contributed by atoms with van der Waals surface area (Å²) in [6.45, 7) is 6.44. The van der Waals surface area contributed by atoms with Crippen LogP contribution in [-0.2, 0) is 11.2 Å². The van der Waals surface area contributed by atoms with Gasteiger partial charge < -0.3 is 9.47 Å². The second kappa shape index (κ2) is 9.87. The number of benzene rings is 2. The van der Waals surface area contributed by atoms with Crippen LogP contribution >= 0.6 is 0 Å². The van der Waals surface area contributed by atoms with Crippen LogP contribution in [0.4, 0.5) is 4.79 Å². The number of aryl methyl sites for hydroxylation is 2. The van der Waals surface area contributed by atoms with Gasteiger partial charge in [0.25, 0.3) is 0 Å². The Hall–Kier alpha value is -2.29. The zero-order chi connectivity index (χ0) is 18.1. The molecule has 0 fully saturated rings. The van der Waals surface area contributed by atoms with Crippen molar-refractivity contribution in [3.05, 3.63) is 64.7 Å². The van der Waals surface area contributed by atoms with Crippen LogP contribution in [0, 0.1) is 20.8 Å². The molecule has 0 aliphatic carbocycles. The average Bonchev–Trinajstić information content (AvgIpc) is 2.62. The smallest absolute Gasteiger partial charge is 0.434 e. The number of unbranched alkanes of at least 4 members (excludes halogenated alkanes) is 3. The fraction of sp³-hybridized carbons (Fsp3) is 0.409. The van der Waals surface area contributed by atoms with Crippen LogP contribution in [0.3, 0.4) is 0 Å². The van der Waals surface area contributed by atoms with Crippen LogP contribution in [0.2, 0.25) is 0 Å². The molecule has 134 valence electrons.